The number of hydrogen-bond donors (Lipinski definition) is 1. The van der Waals surface area contributed by atoms with Gasteiger partial charge in [0.25, 0.3) is 10.0 Å². The topological polar surface area (TPSA) is 122 Å². The number of amides is 1. The van der Waals surface area contributed by atoms with Crippen LogP contribution in [0.4, 0.5) is 5.69 Å². The molecule has 4 rings (SSSR count). The van der Waals surface area contributed by atoms with Crippen molar-refractivity contribution in [3.63, 3.8) is 0 Å². The van der Waals surface area contributed by atoms with Crippen LogP contribution in [-0.4, -0.2) is 48.2 Å². The minimum Gasteiger partial charge on any atom is -0.334 e. The van der Waals surface area contributed by atoms with Gasteiger partial charge < -0.3 is 9.42 Å². The highest BCUT2D eigenvalue weighted by Gasteiger charge is 2.24. The van der Waals surface area contributed by atoms with Gasteiger partial charge >= 0.3 is 11.8 Å². The molecule has 0 aliphatic carbocycles. The summed E-state index contributed by atoms with van der Waals surface area (Å²) in [6.07, 6.45) is 4.07. The second-order valence-electron chi connectivity index (χ2n) is 8.35. The largest absolute Gasteiger partial charge is 0.334 e. The Morgan fingerprint density at radius 2 is 1.68 bits per heavy atom. The molecule has 3 aromatic rings. The monoisotopic (exact) mass is 482 g/mol. The Kier molecular flexibility index (Phi) is 6.78. The van der Waals surface area contributed by atoms with Crippen molar-refractivity contribution in [1.29, 1.82) is 0 Å². The number of aryl methyl sites for hydroxylation is 1. The van der Waals surface area contributed by atoms with Gasteiger partial charge in [0, 0.05) is 29.9 Å². The number of benzene rings is 2. The molecular formula is C24H26N4O5S. The Morgan fingerprint density at radius 3 is 2.32 bits per heavy atom. The number of nitrogens with one attached hydrogen (secondary N) is 1. The first kappa shape index (κ1) is 23.6. The van der Waals surface area contributed by atoms with Crippen LogP contribution in [0.15, 0.2) is 51.9 Å². The maximum atomic E-state index is 13.1. The molecule has 2 heterocycles. The number of anilines is 1. The molecule has 0 radical (unpaired) electrons. The van der Waals surface area contributed by atoms with Gasteiger partial charge in [-0.25, -0.2) is 8.42 Å². The number of rotatable bonds is 6. The van der Waals surface area contributed by atoms with E-state index in [0.29, 0.717) is 35.5 Å². The third-order valence-electron chi connectivity index (χ3n) is 5.78. The van der Waals surface area contributed by atoms with E-state index < -0.39 is 10.0 Å². The molecule has 178 valence electrons. The van der Waals surface area contributed by atoms with Crippen LogP contribution in [0.2, 0.25) is 0 Å². The van der Waals surface area contributed by atoms with Crippen LogP contribution in [0.25, 0.3) is 11.4 Å². The number of likely N-dealkylation sites (tertiary alicyclic amines) is 1. The highest BCUT2D eigenvalue weighted by atomic mass is 32.2. The SMILES string of the molecule is CC(=O)c1ccc(NS(=O)(=O)c2cc(-c3noc(C(=O)N4CCCCCC4)n3)ccc2C)cc1. The summed E-state index contributed by atoms with van der Waals surface area (Å²) in [6.45, 7) is 4.44. The lowest BCUT2D eigenvalue weighted by atomic mass is 10.1. The van der Waals surface area contributed by atoms with Crippen molar-refractivity contribution < 1.29 is 22.5 Å². The number of ketones is 1. The summed E-state index contributed by atoms with van der Waals surface area (Å²) in [4.78, 5) is 30.2. The number of Topliss-reactive ketones (excluding diaryl/α,β-unsaturated/α-hetero) is 1. The summed E-state index contributed by atoms with van der Waals surface area (Å²) in [6, 6.07) is 11.0. The van der Waals surface area contributed by atoms with Gasteiger partial charge in [-0.2, -0.15) is 4.98 Å². The Morgan fingerprint density at radius 1 is 1.00 bits per heavy atom. The van der Waals surface area contributed by atoms with Crippen molar-refractivity contribution in [3.05, 3.63) is 59.5 Å². The van der Waals surface area contributed by atoms with E-state index in [1.807, 2.05) is 0 Å². The smallest absolute Gasteiger partial charge is 0.316 e. The fraction of sp³-hybridized carbons (Fsp3) is 0.333. The fourth-order valence-electron chi connectivity index (χ4n) is 3.85. The van der Waals surface area contributed by atoms with Crippen molar-refractivity contribution in [2.75, 3.05) is 17.8 Å². The van der Waals surface area contributed by atoms with E-state index >= 15 is 0 Å². The molecule has 34 heavy (non-hydrogen) atoms. The van der Waals surface area contributed by atoms with Gasteiger partial charge in [-0.3, -0.25) is 14.3 Å². The molecule has 1 saturated heterocycles. The van der Waals surface area contributed by atoms with Gasteiger partial charge in [-0.05, 0) is 62.6 Å². The van der Waals surface area contributed by atoms with Crippen LogP contribution in [0.1, 0.15) is 59.2 Å². The minimum absolute atomic E-state index is 0.0471. The second-order valence-corrected chi connectivity index (χ2v) is 10.00. The van der Waals surface area contributed by atoms with Crippen molar-refractivity contribution in [3.8, 4) is 11.4 Å². The molecule has 0 atom stereocenters. The Hall–Kier alpha value is -3.53. The first-order valence-corrected chi connectivity index (χ1v) is 12.6. The highest BCUT2D eigenvalue weighted by Crippen LogP contribution is 2.26. The Balaban J connectivity index is 1.57. The maximum absolute atomic E-state index is 13.1. The van der Waals surface area contributed by atoms with Crippen LogP contribution in [0, 0.1) is 6.92 Å². The number of aromatic nitrogens is 2. The van der Waals surface area contributed by atoms with Gasteiger partial charge in [0.05, 0.1) is 4.90 Å². The maximum Gasteiger partial charge on any atom is 0.316 e. The molecule has 1 amide bonds. The predicted molar refractivity (Wildman–Crippen MR) is 126 cm³/mol. The Bertz CT molecular complexity index is 1310. The molecule has 0 unspecified atom stereocenters. The van der Waals surface area contributed by atoms with Gasteiger partial charge in [-0.15, -0.1) is 0 Å². The molecular weight excluding hydrogens is 456 g/mol. The van der Waals surface area contributed by atoms with Crippen molar-refractivity contribution >= 4 is 27.4 Å². The molecule has 2 aromatic carbocycles. The molecule has 0 saturated carbocycles. The lowest BCUT2D eigenvalue weighted by Gasteiger charge is -2.17. The quantitative estimate of drug-likeness (QED) is 0.526. The zero-order valence-corrected chi connectivity index (χ0v) is 19.9. The highest BCUT2D eigenvalue weighted by molar-refractivity contribution is 7.92. The summed E-state index contributed by atoms with van der Waals surface area (Å²) in [5.74, 6) is -0.381. The van der Waals surface area contributed by atoms with Crippen LogP contribution >= 0.6 is 0 Å². The average molecular weight is 483 g/mol. The first-order valence-electron chi connectivity index (χ1n) is 11.1. The number of carbonyl (C=O) groups excluding carboxylic acids is 2. The van der Waals surface area contributed by atoms with Crippen LogP contribution < -0.4 is 4.72 Å². The molecule has 1 aromatic heterocycles. The molecule has 0 spiro atoms. The molecule has 1 fully saturated rings. The van der Waals surface area contributed by atoms with Crippen molar-refractivity contribution in [2.24, 2.45) is 0 Å². The zero-order valence-electron chi connectivity index (χ0n) is 19.1. The molecule has 1 aliphatic heterocycles. The molecule has 10 heteroatoms. The van der Waals surface area contributed by atoms with Crippen LogP contribution in [-0.2, 0) is 10.0 Å². The lowest BCUT2D eigenvalue weighted by Crippen LogP contribution is -2.32. The first-order chi connectivity index (χ1) is 16.2. The van der Waals surface area contributed by atoms with E-state index in [1.165, 1.54) is 25.1 Å². The number of nitrogens with zero attached hydrogens (tertiary/aromatic N) is 3. The summed E-state index contributed by atoms with van der Waals surface area (Å²) >= 11 is 0. The van der Waals surface area contributed by atoms with Crippen molar-refractivity contribution in [1.82, 2.24) is 15.0 Å². The van der Waals surface area contributed by atoms with Crippen molar-refractivity contribution in [2.45, 2.75) is 44.4 Å². The summed E-state index contributed by atoms with van der Waals surface area (Å²) < 4.78 is 33.9. The Labute approximate surface area is 198 Å². The fourth-order valence-corrected chi connectivity index (χ4v) is 5.18. The van der Waals surface area contributed by atoms with E-state index in [1.54, 1.807) is 36.1 Å². The standard InChI is InChI=1S/C24H26N4O5S/c1-16-7-8-19(22-25-23(33-26-22)24(30)28-13-5-3-4-6-14-28)15-21(16)34(31,32)27-20-11-9-18(10-12-20)17(2)29/h7-12,15,27H,3-6,13-14H2,1-2H3. The van der Waals surface area contributed by atoms with E-state index in [9.17, 15) is 18.0 Å². The summed E-state index contributed by atoms with van der Waals surface area (Å²) in [7, 11) is -3.93. The summed E-state index contributed by atoms with van der Waals surface area (Å²) in [5, 5.41) is 3.91. The predicted octanol–water partition coefficient (Wildman–Crippen LogP) is 4.06. The second kappa shape index (κ2) is 9.76. The summed E-state index contributed by atoms with van der Waals surface area (Å²) in [5.41, 5.74) is 1.76. The zero-order chi connectivity index (χ0) is 24.3. The molecule has 9 nitrogen and oxygen atoms in total. The normalized spacial score (nSPS) is 14.5. The van der Waals surface area contributed by atoms with Gasteiger partial charge in [0.2, 0.25) is 5.82 Å². The van der Waals surface area contributed by atoms with Crippen LogP contribution in [0.3, 0.4) is 0 Å². The number of sulfonamides is 1. The van der Waals surface area contributed by atoms with Gasteiger partial charge in [-0.1, -0.05) is 30.1 Å². The average Bonchev–Trinajstić information content (AvgIpc) is 3.14. The third kappa shape index (κ3) is 5.17. The van der Waals surface area contributed by atoms with E-state index in [4.69, 9.17) is 4.52 Å². The van der Waals surface area contributed by atoms with Gasteiger partial charge in [0.1, 0.15) is 0 Å². The van der Waals surface area contributed by atoms with E-state index in [2.05, 4.69) is 14.9 Å². The van der Waals surface area contributed by atoms with E-state index in [0.717, 1.165) is 25.7 Å². The number of hydrogen-bond acceptors (Lipinski definition) is 7. The number of carbonyl (C=O) groups is 2. The van der Waals surface area contributed by atoms with E-state index in [-0.39, 0.29) is 28.3 Å². The minimum atomic E-state index is -3.93. The lowest BCUT2D eigenvalue weighted by molar-refractivity contribution is 0.0711. The molecule has 1 N–H and O–H groups in total. The van der Waals surface area contributed by atoms with Crippen LogP contribution in [0.5, 0.6) is 0 Å². The third-order valence-corrected chi connectivity index (χ3v) is 7.31. The van der Waals surface area contributed by atoms with Gasteiger partial charge in [0.15, 0.2) is 5.78 Å². The molecule has 0 bridgehead atoms. The molecule has 1 aliphatic rings.